The van der Waals surface area contributed by atoms with Crippen LogP contribution in [-0.4, -0.2) is 71.5 Å². The van der Waals surface area contributed by atoms with Crippen molar-refractivity contribution < 1.29 is 44.0 Å². The topological polar surface area (TPSA) is 173 Å². The summed E-state index contributed by atoms with van der Waals surface area (Å²) in [5.41, 5.74) is 5.73. The average molecular weight is 540 g/mol. The predicted octanol–water partition coefficient (Wildman–Crippen LogP) is 2.71. The Morgan fingerprint density at radius 3 is 2.18 bits per heavy atom. The van der Waals surface area contributed by atoms with Gasteiger partial charge in [0.25, 0.3) is 0 Å². The molecule has 0 fully saturated rings. The van der Waals surface area contributed by atoms with Crippen LogP contribution in [0, 0.1) is 17.8 Å². The normalized spacial score (nSPS) is 17.1. The molecule has 0 aromatic carbocycles. The molecule has 10 heteroatoms. The molecule has 0 saturated heterocycles. The number of rotatable bonds is 20. The van der Waals surface area contributed by atoms with Crippen LogP contribution in [0.4, 0.5) is 0 Å². The molecule has 5 N–H and O–H groups in total. The number of aliphatic hydroxyl groups is 2. The molecule has 38 heavy (non-hydrogen) atoms. The molecular weight excluding hydrogens is 494 g/mol. The Kier molecular flexibility index (Phi) is 17.8. The molecule has 0 unspecified atom stereocenters. The van der Waals surface area contributed by atoms with E-state index in [0.29, 0.717) is 31.3 Å². The monoisotopic (exact) mass is 539 g/mol. The first-order valence-electron chi connectivity index (χ1n) is 12.8. The Hall–Kier alpha value is -2.82. The van der Waals surface area contributed by atoms with Gasteiger partial charge in [0, 0.05) is 44.3 Å². The zero-order chi connectivity index (χ0) is 29.3. The minimum Gasteiger partial charge on any atom is -0.481 e. The summed E-state index contributed by atoms with van der Waals surface area (Å²) in [5, 5.41) is 30.5. The fourth-order valence-electron chi connectivity index (χ4n) is 4.09. The van der Waals surface area contributed by atoms with Crippen LogP contribution in [0.2, 0.25) is 0 Å². The zero-order valence-corrected chi connectivity index (χ0v) is 23.2. The standard InChI is InChI=1S/C28H45NO9/c1-18(22(30)12-10-11-21(16-24(29)31)17-25(32)33)15-19(2)27(35)20(3)28(36)23(37-4)13-8-6-7-9-14-26(34)38-5/h8-9,13-15,18,20-21,23,27-28,35-36H,6-7,10-12,16-17H2,1-5H3,(H2,29,31)(H,32,33)/b13-8+,14-9+,19-15+/t18-,20-,21-,23+,27-,28-/m1/s1. The Balaban J connectivity index is 4.91. The molecule has 10 nitrogen and oxygen atoms in total. The van der Waals surface area contributed by atoms with E-state index in [1.165, 1.54) is 20.3 Å². The van der Waals surface area contributed by atoms with E-state index >= 15 is 0 Å². The van der Waals surface area contributed by atoms with Crippen LogP contribution in [0.5, 0.6) is 0 Å². The van der Waals surface area contributed by atoms with E-state index in [9.17, 15) is 29.4 Å². The van der Waals surface area contributed by atoms with Crippen LogP contribution >= 0.6 is 0 Å². The summed E-state index contributed by atoms with van der Waals surface area (Å²) < 4.78 is 9.90. The first kappa shape index (κ1) is 35.2. The maximum absolute atomic E-state index is 12.6. The van der Waals surface area contributed by atoms with Gasteiger partial charge in [0.1, 0.15) is 11.9 Å². The summed E-state index contributed by atoms with van der Waals surface area (Å²) in [6.07, 6.45) is 7.60. The van der Waals surface area contributed by atoms with Crippen LogP contribution in [0.1, 0.15) is 65.7 Å². The van der Waals surface area contributed by atoms with Gasteiger partial charge in [-0.2, -0.15) is 0 Å². The lowest BCUT2D eigenvalue weighted by Gasteiger charge is -2.29. The first-order valence-corrected chi connectivity index (χ1v) is 12.8. The smallest absolute Gasteiger partial charge is 0.330 e. The van der Waals surface area contributed by atoms with Crippen LogP contribution in [0.3, 0.4) is 0 Å². The van der Waals surface area contributed by atoms with Crippen LogP contribution in [0.25, 0.3) is 0 Å². The second kappa shape index (κ2) is 19.3. The van der Waals surface area contributed by atoms with Gasteiger partial charge in [-0.25, -0.2) is 4.79 Å². The van der Waals surface area contributed by atoms with Crippen LogP contribution in [0.15, 0.2) is 36.0 Å². The summed E-state index contributed by atoms with van der Waals surface area (Å²) in [6.45, 7) is 5.10. The fourth-order valence-corrected chi connectivity index (χ4v) is 4.09. The molecular formula is C28H45NO9. The molecule has 6 atom stereocenters. The number of ketones is 1. The Bertz CT molecular complexity index is 833. The summed E-state index contributed by atoms with van der Waals surface area (Å²) in [4.78, 5) is 45.8. The lowest BCUT2D eigenvalue weighted by Crippen LogP contribution is -2.39. The maximum atomic E-state index is 12.6. The number of hydrogen-bond donors (Lipinski definition) is 4. The highest BCUT2D eigenvalue weighted by Crippen LogP contribution is 2.23. The number of Topliss-reactive ketones (excluding diaryl/α,β-unsaturated/α-hetero) is 1. The number of esters is 1. The van der Waals surface area contributed by atoms with Gasteiger partial charge in [-0.1, -0.05) is 38.2 Å². The molecule has 0 aliphatic rings. The molecule has 0 spiro atoms. The first-order chi connectivity index (χ1) is 17.8. The highest BCUT2D eigenvalue weighted by Gasteiger charge is 2.29. The predicted molar refractivity (Wildman–Crippen MR) is 143 cm³/mol. The number of methoxy groups -OCH3 is 2. The molecule has 0 heterocycles. The Labute approximate surface area is 225 Å². The zero-order valence-electron chi connectivity index (χ0n) is 23.2. The number of nitrogens with two attached hydrogens (primary N) is 1. The van der Waals surface area contributed by atoms with E-state index < -0.39 is 53.9 Å². The molecule has 1 amide bonds. The van der Waals surface area contributed by atoms with Crippen molar-refractivity contribution in [3.8, 4) is 0 Å². The molecule has 0 saturated carbocycles. The van der Waals surface area contributed by atoms with Gasteiger partial charge < -0.3 is 30.5 Å². The summed E-state index contributed by atoms with van der Waals surface area (Å²) in [6, 6.07) is 0. The van der Waals surface area contributed by atoms with E-state index in [0.717, 1.165) is 0 Å². The number of carbonyl (C=O) groups excluding carboxylic acids is 3. The molecule has 0 radical (unpaired) electrons. The van der Waals surface area contributed by atoms with Crippen LogP contribution < -0.4 is 5.73 Å². The molecule has 0 rings (SSSR count). The van der Waals surface area contributed by atoms with Crippen molar-refractivity contribution in [3.05, 3.63) is 36.0 Å². The molecule has 216 valence electrons. The quantitative estimate of drug-likeness (QED) is 0.0785. The summed E-state index contributed by atoms with van der Waals surface area (Å²) >= 11 is 0. The maximum Gasteiger partial charge on any atom is 0.330 e. The van der Waals surface area contributed by atoms with Gasteiger partial charge in [0.2, 0.25) is 5.91 Å². The number of aliphatic carboxylic acids is 1. The summed E-state index contributed by atoms with van der Waals surface area (Å²) in [5.74, 6) is -3.57. The highest BCUT2D eigenvalue weighted by atomic mass is 16.5. The van der Waals surface area contributed by atoms with Gasteiger partial charge in [-0.05, 0) is 44.1 Å². The number of ether oxygens (including phenoxy) is 2. The lowest BCUT2D eigenvalue weighted by molar-refractivity contribution is -0.138. The second-order valence-electron chi connectivity index (χ2n) is 9.62. The number of carbonyl (C=O) groups is 4. The van der Waals surface area contributed by atoms with E-state index in [1.807, 2.05) is 6.08 Å². The van der Waals surface area contributed by atoms with Gasteiger partial charge >= 0.3 is 11.9 Å². The van der Waals surface area contributed by atoms with E-state index in [2.05, 4.69) is 4.74 Å². The van der Waals surface area contributed by atoms with E-state index in [4.69, 9.17) is 15.6 Å². The number of allylic oxidation sites excluding steroid dienone is 3. The second-order valence-corrected chi connectivity index (χ2v) is 9.62. The summed E-state index contributed by atoms with van der Waals surface area (Å²) in [7, 11) is 2.77. The number of primary amides is 1. The van der Waals surface area contributed by atoms with Gasteiger partial charge in [-0.3, -0.25) is 14.4 Å². The van der Waals surface area contributed by atoms with Gasteiger partial charge in [0.05, 0.1) is 19.3 Å². The minimum absolute atomic E-state index is 0.0361. The van der Waals surface area contributed by atoms with Gasteiger partial charge in [0.15, 0.2) is 0 Å². The molecule has 0 aliphatic carbocycles. The van der Waals surface area contributed by atoms with E-state index in [1.54, 1.807) is 39.0 Å². The number of unbranched alkanes of at least 4 members (excludes halogenated alkanes) is 1. The molecule has 0 aliphatic heterocycles. The third-order valence-electron chi connectivity index (χ3n) is 6.40. The molecule has 0 bridgehead atoms. The van der Waals surface area contributed by atoms with Crippen molar-refractivity contribution in [1.29, 1.82) is 0 Å². The van der Waals surface area contributed by atoms with Crippen molar-refractivity contribution in [2.45, 2.75) is 84.0 Å². The molecule has 0 aromatic heterocycles. The fraction of sp³-hybridized carbons (Fsp3) is 0.643. The largest absolute Gasteiger partial charge is 0.481 e. The molecule has 0 aromatic rings. The van der Waals surface area contributed by atoms with Crippen molar-refractivity contribution >= 4 is 23.6 Å². The van der Waals surface area contributed by atoms with Crippen molar-refractivity contribution in [1.82, 2.24) is 0 Å². The third kappa shape index (κ3) is 14.8. The van der Waals surface area contributed by atoms with Gasteiger partial charge in [-0.15, -0.1) is 0 Å². The SMILES string of the molecule is COC(=O)/C=C/CC/C=C/[C@H](OC)[C@H](O)[C@H](C)[C@H](O)/C(C)=C/[C@@H](C)C(=O)CCC[C@H](CC(N)=O)CC(=O)O. The Morgan fingerprint density at radius 1 is 1.00 bits per heavy atom. The highest BCUT2D eigenvalue weighted by molar-refractivity contribution is 5.82. The number of carboxylic acids is 1. The van der Waals surface area contributed by atoms with Crippen molar-refractivity contribution in [2.75, 3.05) is 14.2 Å². The third-order valence-corrected chi connectivity index (χ3v) is 6.40. The number of hydrogen-bond acceptors (Lipinski definition) is 8. The van der Waals surface area contributed by atoms with Crippen molar-refractivity contribution in [3.63, 3.8) is 0 Å². The lowest BCUT2D eigenvalue weighted by atomic mass is 9.87. The van der Waals surface area contributed by atoms with E-state index in [-0.39, 0.29) is 25.0 Å². The minimum atomic E-state index is -1.02. The van der Waals surface area contributed by atoms with Crippen molar-refractivity contribution in [2.24, 2.45) is 23.5 Å². The number of aliphatic hydroxyl groups excluding tert-OH is 2. The average Bonchev–Trinajstić information content (AvgIpc) is 2.85. The number of carboxylic acid groups (broad SMARTS) is 1. The number of amides is 1. The Morgan fingerprint density at radius 2 is 1.63 bits per heavy atom. The van der Waals surface area contributed by atoms with Crippen LogP contribution in [-0.2, 0) is 28.7 Å².